The molecule has 0 bridgehead atoms. The first-order chi connectivity index (χ1) is 12.0. The van der Waals surface area contributed by atoms with E-state index in [9.17, 15) is 9.59 Å². The molecule has 0 unspecified atom stereocenters. The van der Waals surface area contributed by atoms with Crippen molar-refractivity contribution >= 4 is 29.1 Å². The number of halogens is 1. The zero-order valence-electron chi connectivity index (χ0n) is 13.7. The molecule has 1 aliphatic rings. The molecule has 0 radical (unpaired) electrons. The average Bonchev–Trinajstić information content (AvgIpc) is 3.41. The summed E-state index contributed by atoms with van der Waals surface area (Å²) in [7, 11) is 0. The quantitative estimate of drug-likeness (QED) is 0.712. The molecule has 130 valence electrons. The van der Waals surface area contributed by atoms with Crippen LogP contribution in [0.4, 0.5) is 5.69 Å². The van der Waals surface area contributed by atoms with Gasteiger partial charge in [-0.25, -0.2) is 0 Å². The van der Waals surface area contributed by atoms with E-state index in [0.717, 1.165) is 12.8 Å². The number of hydrogen-bond acceptors (Lipinski definition) is 3. The molecule has 1 fully saturated rings. The molecule has 25 heavy (non-hydrogen) atoms. The number of primary amides is 1. The number of benzene rings is 2. The summed E-state index contributed by atoms with van der Waals surface area (Å²) in [6, 6.07) is 15.1. The Balaban J connectivity index is 1.52. The standard InChI is InChI=1S/C19H20ClN3O2/c20-16-7-6-14(10-15(16)18(21)25)22-11-17(24)23-12-19(8-9-19)13-4-2-1-3-5-13/h1-7,10,22H,8-9,11-12H2,(H2,21,25)(H,23,24). The van der Waals surface area contributed by atoms with E-state index in [4.69, 9.17) is 17.3 Å². The Morgan fingerprint density at radius 1 is 1.12 bits per heavy atom. The highest BCUT2D eigenvalue weighted by molar-refractivity contribution is 6.33. The molecule has 2 aromatic carbocycles. The predicted molar refractivity (Wildman–Crippen MR) is 98.8 cm³/mol. The Morgan fingerprint density at radius 3 is 2.48 bits per heavy atom. The van der Waals surface area contributed by atoms with Crippen LogP contribution in [0.3, 0.4) is 0 Å². The van der Waals surface area contributed by atoms with Gasteiger partial charge in [-0.15, -0.1) is 0 Å². The fourth-order valence-corrected chi connectivity index (χ4v) is 3.06. The minimum Gasteiger partial charge on any atom is -0.376 e. The van der Waals surface area contributed by atoms with Gasteiger partial charge in [0.1, 0.15) is 0 Å². The lowest BCUT2D eigenvalue weighted by Gasteiger charge is -2.17. The molecule has 3 rings (SSSR count). The van der Waals surface area contributed by atoms with Crippen molar-refractivity contribution in [2.45, 2.75) is 18.3 Å². The minimum atomic E-state index is -0.600. The minimum absolute atomic E-state index is 0.0797. The molecule has 0 atom stereocenters. The smallest absolute Gasteiger partial charge is 0.250 e. The molecule has 1 saturated carbocycles. The molecule has 0 saturated heterocycles. The summed E-state index contributed by atoms with van der Waals surface area (Å²) in [6.07, 6.45) is 2.17. The van der Waals surface area contributed by atoms with Gasteiger partial charge in [0.05, 0.1) is 17.1 Å². The van der Waals surface area contributed by atoms with Gasteiger partial charge < -0.3 is 16.4 Å². The first-order valence-corrected chi connectivity index (χ1v) is 8.53. The first kappa shape index (κ1) is 17.3. The summed E-state index contributed by atoms with van der Waals surface area (Å²) in [4.78, 5) is 23.4. The third-order valence-corrected chi connectivity index (χ3v) is 4.88. The molecule has 5 nitrogen and oxygen atoms in total. The SMILES string of the molecule is NC(=O)c1cc(NCC(=O)NCC2(c3ccccc3)CC2)ccc1Cl. The lowest BCUT2D eigenvalue weighted by molar-refractivity contribution is -0.119. The van der Waals surface area contributed by atoms with Gasteiger partial charge in [0.2, 0.25) is 11.8 Å². The number of rotatable bonds is 7. The van der Waals surface area contributed by atoms with Crippen molar-refractivity contribution in [1.82, 2.24) is 5.32 Å². The normalized spacial score (nSPS) is 14.6. The van der Waals surface area contributed by atoms with Crippen molar-refractivity contribution in [3.05, 3.63) is 64.7 Å². The maximum absolute atomic E-state index is 12.1. The van der Waals surface area contributed by atoms with E-state index in [1.54, 1.807) is 18.2 Å². The van der Waals surface area contributed by atoms with Gasteiger partial charge in [-0.05, 0) is 36.6 Å². The van der Waals surface area contributed by atoms with Gasteiger partial charge in [-0.1, -0.05) is 41.9 Å². The second-order valence-electron chi connectivity index (χ2n) is 6.34. The van der Waals surface area contributed by atoms with Gasteiger partial charge in [-0.3, -0.25) is 9.59 Å². The largest absolute Gasteiger partial charge is 0.376 e. The molecule has 0 aromatic heterocycles. The van der Waals surface area contributed by atoms with Crippen LogP contribution in [-0.4, -0.2) is 24.9 Å². The van der Waals surface area contributed by atoms with Crippen molar-refractivity contribution in [3.63, 3.8) is 0 Å². The van der Waals surface area contributed by atoms with Crippen LogP contribution < -0.4 is 16.4 Å². The van der Waals surface area contributed by atoms with Gasteiger partial charge in [-0.2, -0.15) is 0 Å². The van der Waals surface area contributed by atoms with Gasteiger partial charge in [0.25, 0.3) is 0 Å². The van der Waals surface area contributed by atoms with Crippen LogP contribution in [0.25, 0.3) is 0 Å². The number of nitrogens with two attached hydrogens (primary N) is 1. The summed E-state index contributed by atoms with van der Waals surface area (Å²) in [5.41, 5.74) is 7.47. The average molecular weight is 358 g/mol. The van der Waals surface area contributed by atoms with Crippen LogP contribution in [0.15, 0.2) is 48.5 Å². The van der Waals surface area contributed by atoms with E-state index in [1.165, 1.54) is 5.56 Å². The molecule has 2 amide bonds. The molecule has 0 spiro atoms. The number of anilines is 1. The van der Waals surface area contributed by atoms with Gasteiger partial charge >= 0.3 is 0 Å². The van der Waals surface area contributed by atoms with E-state index in [2.05, 4.69) is 22.8 Å². The summed E-state index contributed by atoms with van der Waals surface area (Å²) < 4.78 is 0. The van der Waals surface area contributed by atoms with Gasteiger partial charge in [0, 0.05) is 17.6 Å². The highest BCUT2D eigenvalue weighted by Gasteiger charge is 2.44. The Labute approximate surface area is 151 Å². The molecule has 1 aliphatic carbocycles. The van der Waals surface area contributed by atoms with E-state index < -0.39 is 5.91 Å². The molecule has 0 aliphatic heterocycles. The number of carbonyl (C=O) groups excluding carboxylic acids is 2. The number of nitrogens with one attached hydrogen (secondary N) is 2. The third kappa shape index (κ3) is 4.12. The highest BCUT2D eigenvalue weighted by Crippen LogP contribution is 2.47. The summed E-state index contributed by atoms with van der Waals surface area (Å²) in [6.45, 7) is 0.745. The zero-order valence-corrected chi connectivity index (χ0v) is 14.5. The molecule has 0 heterocycles. The van der Waals surface area contributed by atoms with Crippen molar-refractivity contribution < 1.29 is 9.59 Å². The van der Waals surface area contributed by atoms with Crippen molar-refractivity contribution in [2.24, 2.45) is 5.73 Å². The van der Waals surface area contributed by atoms with E-state index in [0.29, 0.717) is 17.3 Å². The number of amides is 2. The number of carbonyl (C=O) groups is 2. The monoisotopic (exact) mass is 357 g/mol. The van der Waals surface area contributed by atoms with Crippen LogP contribution in [0.2, 0.25) is 5.02 Å². The molecule has 6 heteroatoms. The van der Waals surface area contributed by atoms with Crippen molar-refractivity contribution in [2.75, 3.05) is 18.4 Å². The molecular weight excluding hydrogens is 338 g/mol. The van der Waals surface area contributed by atoms with E-state index >= 15 is 0 Å². The third-order valence-electron chi connectivity index (χ3n) is 4.55. The Morgan fingerprint density at radius 2 is 1.84 bits per heavy atom. The summed E-state index contributed by atoms with van der Waals surface area (Å²) in [5.74, 6) is -0.700. The first-order valence-electron chi connectivity index (χ1n) is 8.16. The predicted octanol–water partition coefficient (Wildman–Crippen LogP) is 2.70. The lowest BCUT2D eigenvalue weighted by atomic mass is 9.96. The lowest BCUT2D eigenvalue weighted by Crippen LogP contribution is -2.36. The zero-order chi connectivity index (χ0) is 17.9. The molecule has 4 N–H and O–H groups in total. The molecule has 2 aromatic rings. The van der Waals surface area contributed by atoms with Crippen molar-refractivity contribution in [3.8, 4) is 0 Å². The topological polar surface area (TPSA) is 84.2 Å². The Hall–Kier alpha value is -2.53. The van der Waals surface area contributed by atoms with E-state index in [-0.39, 0.29) is 23.4 Å². The van der Waals surface area contributed by atoms with Gasteiger partial charge in [0.15, 0.2) is 0 Å². The van der Waals surface area contributed by atoms with Crippen LogP contribution in [0, 0.1) is 0 Å². The maximum Gasteiger partial charge on any atom is 0.250 e. The summed E-state index contributed by atoms with van der Waals surface area (Å²) in [5, 5.41) is 6.26. The van der Waals surface area contributed by atoms with E-state index in [1.807, 2.05) is 18.2 Å². The highest BCUT2D eigenvalue weighted by atomic mass is 35.5. The van der Waals surface area contributed by atoms with Crippen LogP contribution in [-0.2, 0) is 10.2 Å². The Kier molecular flexibility index (Phi) is 4.95. The van der Waals surface area contributed by atoms with Crippen molar-refractivity contribution in [1.29, 1.82) is 0 Å². The fraction of sp³-hybridized carbons (Fsp3) is 0.263. The second-order valence-corrected chi connectivity index (χ2v) is 6.74. The Bertz CT molecular complexity index is 789. The second kappa shape index (κ2) is 7.15. The molecular formula is C19H20ClN3O2. The fourth-order valence-electron chi connectivity index (χ4n) is 2.85. The maximum atomic E-state index is 12.1. The van der Waals surface area contributed by atoms with Crippen LogP contribution in [0.1, 0.15) is 28.8 Å². The van der Waals surface area contributed by atoms with Crippen LogP contribution >= 0.6 is 11.6 Å². The number of hydrogen-bond donors (Lipinski definition) is 3. The van der Waals surface area contributed by atoms with Crippen LogP contribution in [0.5, 0.6) is 0 Å². The summed E-state index contributed by atoms with van der Waals surface area (Å²) >= 11 is 5.91.